The summed E-state index contributed by atoms with van der Waals surface area (Å²) in [6.07, 6.45) is 2.85. The van der Waals surface area contributed by atoms with Crippen molar-refractivity contribution in [2.45, 2.75) is 32.3 Å². The molecule has 0 bridgehead atoms. The third-order valence-corrected chi connectivity index (χ3v) is 1.98. The summed E-state index contributed by atoms with van der Waals surface area (Å²) in [5, 5.41) is 9.14. The van der Waals surface area contributed by atoms with Crippen LogP contribution in [0.4, 0.5) is 0 Å². The highest BCUT2D eigenvalue weighted by molar-refractivity contribution is 5.74. The molecule has 1 aliphatic rings. The van der Waals surface area contributed by atoms with E-state index in [9.17, 15) is 4.79 Å². The number of carbonyl (C=O) groups excluding carboxylic acids is 1. The van der Waals surface area contributed by atoms with Crippen molar-refractivity contribution < 1.29 is 9.90 Å². The lowest BCUT2D eigenvalue weighted by Crippen LogP contribution is -2.13. The number of carbonyl (C=O) groups is 1. The quantitative estimate of drug-likeness (QED) is 0.553. The Bertz CT molecular complexity index is 170. The van der Waals surface area contributed by atoms with Crippen molar-refractivity contribution in [3.8, 4) is 0 Å². The van der Waals surface area contributed by atoms with Gasteiger partial charge in [0.1, 0.15) is 6.29 Å². The third kappa shape index (κ3) is 1.45. The molecule has 2 heteroatoms. The second-order valence-corrected chi connectivity index (χ2v) is 2.82. The van der Waals surface area contributed by atoms with Gasteiger partial charge in [-0.3, -0.25) is 4.79 Å². The van der Waals surface area contributed by atoms with Crippen LogP contribution in [0.15, 0.2) is 11.1 Å². The van der Waals surface area contributed by atoms with Crippen LogP contribution in [0, 0.1) is 0 Å². The molecule has 1 aliphatic carbocycles. The minimum Gasteiger partial charge on any atom is -0.393 e. The monoisotopic (exact) mass is 140 g/mol. The Morgan fingerprint density at radius 1 is 1.70 bits per heavy atom. The number of rotatable bonds is 1. The van der Waals surface area contributed by atoms with Crippen molar-refractivity contribution in [1.29, 1.82) is 0 Å². The molecule has 0 fully saturated rings. The van der Waals surface area contributed by atoms with E-state index in [0.29, 0.717) is 6.42 Å². The van der Waals surface area contributed by atoms with E-state index in [4.69, 9.17) is 5.11 Å². The Balaban J connectivity index is 2.70. The molecule has 1 unspecified atom stereocenters. The highest BCUT2D eigenvalue weighted by Crippen LogP contribution is 2.22. The van der Waals surface area contributed by atoms with Gasteiger partial charge in [-0.25, -0.2) is 0 Å². The average Bonchev–Trinajstić information content (AvgIpc) is 1.88. The van der Waals surface area contributed by atoms with E-state index in [0.717, 1.165) is 30.3 Å². The highest BCUT2D eigenvalue weighted by Gasteiger charge is 2.14. The molecule has 0 saturated carbocycles. The van der Waals surface area contributed by atoms with Gasteiger partial charge < -0.3 is 5.11 Å². The number of hydrogen-bond donors (Lipinski definition) is 1. The van der Waals surface area contributed by atoms with Gasteiger partial charge in [-0.05, 0) is 31.8 Å². The molecule has 0 aliphatic heterocycles. The van der Waals surface area contributed by atoms with E-state index in [-0.39, 0.29) is 6.10 Å². The largest absolute Gasteiger partial charge is 0.393 e. The van der Waals surface area contributed by atoms with Gasteiger partial charge in [-0.1, -0.05) is 5.57 Å². The van der Waals surface area contributed by atoms with Gasteiger partial charge in [0.05, 0.1) is 6.10 Å². The Morgan fingerprint density at radius 3 is 2.90 bits per heavy atom. The molecule has 0 spiro atoms. The van der Waals surface area contributed by atoms with E-state index in [2.05, 4.69) is 0 Å². The van der Waals surface area contributed by atoms with Crippen molar-refractivity contribution >= 4 is 6.29 Å². The van der Waals surface area contributed by atoms with Gasteiger partial charge in [-0.2, -0.15) is 0 Å². The number of allylic oxidation sites excluding steroid dienone is 1. The summed E-state index contributed by atoms with van der Waals surface area (Å²) >= 11 is 0. The van der Waals surface area contributed by atoms with Crippen LogP contribution in [-0.2, 0) is 4.79 Å². The molecule has 0 saturated heterocycles. The Kier molecular flexibility index (Phi) is 2.22. The summed E-state index contributed by atoms with van der Waals surface area (Å²) < 4.78 is 0. The molecular formula is C8H12O2. The normalized spacial score (nSPS) is 26.8. The molecule has 2 nitrogen and oxygen atoms in total. The van der Waals surface area contributed by atoms with Crippen molar-refractivity contribution in [3.63, 3.8) is 0 Å². The molecule has 0 aromatic carbocycles. The first kappa shape index (κ1) is 7.48. The fourth-order valence-corrected chi connectivity index (χ4v) is 1.28. The van der Waals surface area contributed by atoms with Crippen molar-refractivity contribution in [1.82, 2.24) is 0 Å². The zero-order valence-electron chi connectivity index (χ0n) is 6.13. The fourth-order valence-electron chi connectivity index (χ4n) is 1.28. The zero-order chi connectivity index (χ0) is 7.56. The predicted octanol–water partition coefficient (Wildman–Crippen LogP) is 1.05. The molecule has 0 radical (unpaired) electrons. The van der Waals surface area contributed by atoms with Gasteiger partial charge >= 0.3 is 0 Å². The molecule has 0 amide bonds. The first-order valence-electron chi connectivity index (χ1n) is 3.56. The lowest BCUT2D eigenvalue weighted by molar-refractivity contribution is -0.105. The van der Waals surface area contributed by atoms with E-state index >= 15 is 0 Å². The summed E-state index contributed by atoms with van der Waals surface area (Å²) in [5.41, 5.74) is 1.93. The van der Waals surface area contributed by atoms with E-state index in [1.807, 2.05) is 6.92 Å². The summed E-state index contributed by atoms with van der Waals surface area (Å²) in [6, 6.07) is 0. The Labute approximate surface area is 60.6 Å². The SMILES string of the molecule is CC1=C(C=O)CCC(O)C1. The van der Waals surface area contributed by atoms with Crippen molar-refractivity contribution in [2.24, 2.45) is 0 Å². The Hall–Kier alpha value is -0.630. The van der Waals surface area contributed by atoms with Crippen LogP contribution in [0.25, 0.3) is 0 Å². The fraction of sp³-hybridized carbons (Fsp3) is 0.625. The van der Waals surface area contributed by atoms with Gasteiger partial charge in [0.15, 0.2) is 0 Å². The molecule has 0 aromatic rings. The summed E-state index contributed by atoms with van der Waals surface area (Å²) in [7, 11) is 0. The maximum Gasteiger partial charge on any atom is 0.145 e. The first-order valence-corrected chi connectivity index (χ1v) is 3.56. The molecule has 1 rings (SSSR count). The highest BCUT2D eigenvalue weighted by atomic mass is 16.3. The maximum absolute atomic E-state index is 10.3. The standard InChI is InChI=1S/C8H12O2/c1-6-4-8(10)3-2-7(6)5-9/h5,8,10H,2-4H2,1H3. The van der Waals surface area contributed by atoms with E-state index in [1.54, 1.807) is 0 Å². The minimum absolute atomic E-state index is 0.219. The molecule has 1 atom stereocenters. The van der Waals surface area contributed by atoms with Crippen LogP contribution in [0.3, 0.4) is 0 Å². The second-order valence-electron chi connectivity index (χ2n) is 2.82. The number of aliphatic hydroxyl groups excluding tert-OH is 1. The van der Waals surface area contributed by atoms with E-state index < -0.39 is 0 Å². The van der Waals surface area contributed by atoms with Crippen LogP contribution >= 0.6 is 0 Å². The molecule has 0 heterocycles. The zero-order valence-corrected chi connectivity index (χ0v) is 6.13. The third-order valence-electron chi connectivity index (χ3n) is 1.98. The van der Waals surface area contributed by atoms with Crippen LogP contribution in [0.1, 0.15) is 26.2 Å². The summed E-state index contributed by atoms with van der Waals surface area (Å²) in [5.74, 6) is 0. The molecule has 56 valence electrons. The van der Waals surface area contributed by atoms with Crippen LogP contribution < -0.4 is 0 Å². The molecule has 10 heavy (non-hydrogen) atoms. The summed E-state index contributed by atoms with van der Waals surface area (Å²) in [6.45, 7) is 1.91. The van der Waals surface area contributed by atoms with Gasteiger partial charge in [0.25, 0.3) is 0 Å². The lowest BCUT2D eigenvalue weighted by atomic mass is 9.92. The lowest BCUT2D eigenvalue weighted by Gasteiger charge is -2.18. The van der Waals surface area contributed by atoms with Crippen LogP contribution in [-0.4, -0.2) is 17.5 Å². The topological polar surface area (TPSA) is 37.3 Å². The number of hydrogen-bond acceptors (Lipinski definition) is 2. The number of aldehydes is 1. The maximum atomic E-state index is 10.3. The van der Waals surface area contributed by atoms with Crippen molar-refractivity contribution in [2.75, 3.05) is 0 Å². The molecule has 0 aromatic heterocycles. The van der Waals surface area contributed by atoms with Crippen molar-refractivity contribution in [3.05, 3.63) is 11.1 Å². The minimum atomic E-state index is -0.219. The smallest absolute Gasteiger partial charge is 0.145 e. The van der Waals surface area contributed by atoms with E-state index in [1.165, 1.54) is 0 Å². The summed E-state index contributed by atoms with van der Waals surface area (Å²) in [4.78, 5) is 10.3. The molecular weight excluding hydrogens is 128 g/mol. The van der Waals surface area contributed by atoms with Crippen LogP contribution in [0.5, 0.6) is 0 Å². The Morgan fingerprint density at radius 2 is 2.40 bits per heavy atom. The second kappa shape index (κ2) is 2.97. The van der Waals surface area contributed by atoms with Gasteiger partial charge in [0.2, 0.25) is 0 Å². The first-order chi connectivity index (χ1) is 4.74. The van der Waals surface area contributed by atoms with Gasteiger partial charge in [-0.15, -0.1) is 0 Å². The average molecular weight is 140 g/mol. The van der Waals surface area contributed by atoms with Crippen LogP contribution in [0.2, 0.25) is 0 Å². The molecule has 1 N–H and O–H groups in total. The van der Waals surface area contributed by atoms with Gasteiger partial charge in [0, 0.05) is 0 Å². The number of aliphatic hydroxyl groups is 1. The predicted molar refractivity (Wildman–Crippen MR) is 38.6 cm³/mol.